The molecule has 1 N–H and O–H groups in total. The summed E-state index contributed by atoms with van der Waals surface area (Å²) in [4.78, 5) is 25.7. The van der Waals surface area contributed by atoms with Crippen LogP contribution < -0.4 is 5.32 Å². The van der Waals surface area contributed by atoms with Gasteiger partial charge in [-0.25, -0.2) is 0 Å². The molecule has 1 heterocycles. The molecule has 0 aliphatic carbocycles. The van der Waals surface area contributed by atoms with Gasteiger partial charge in [0.15, 0.2) is 0 Å². The highest BCUT2D eigenvalue weighted by Crippen LogP contribution is 2.40. The Morgan fingerprint density at radius 2 is 1.79 bits per heavy atom. The summed E-state index contributed by atoms with van der Waals surface area (Å²) in [5.41, 5.74) is -3.21. The van der Waals surface area contributed by atoms with Crippen molar-refractivity contribution in [3.8, 4) is 0 Å². The van der Waals surface area contributed by atoms with Gasteiger partial charge in [0.1, 0.15) is 12.0 Å². The van der Waals surface area contributed by atoms with Gasteiger partial charge in [-0.05, 0) is 49.7 Å². The molecule has 6 nitrogen and oxygen atoms in total. The Labute approximate surface area is 218 Å². The third-order valence-corrected chi connectivity index (χ3v) is 5.99. The third kappa shape index (κ3) is 6.29. The van der Waals surface area contributed by atoms with Crippen LogP contribution in [0.15, 0.2) is 60.2 Å². The second kappa shape index (κ2) is 11.1. The molecule has 1 unspecified atom stereocenters. The molecule has 0 aromatic heterocycles. The number of benzene rings is 2. The van der Waals surface area contributed by atoms with Gasteiger partial charge in [0.25, 0.3) is 0 Å². The van der Waals surface area contributed by atoms with Crippen LogP contribution in [0.3, 0.4) is 0 Å². The van der Waals surface area contributed by atoms with Gasteiger partial charge in [-0.1, -0.05) is 23.7 Å². The molecule has 0 bridgehead atoms. The number of hydrogen-bond acceptors (Lipinski definition) is 5. The number of ether oxygens (including phenoxy) is 1. The maximum absolute atomic E-state index is 13.2. The molecule has 1 amide bonds. The lowest BCUT2D eigenvalue weighted by molar-refractivity contribution is -0.151. The standard InChI is InChI=1S/C25H22ClF6N3O3/c1-3-11-23(22(37)38-4-2)14-35(13-20(36)33-17-8-6-16(7-9-17)24(27,28)29)34-21(23)15-5-10-18(19(26)12-15)25(30,31)32/h3,5-10,12H,1,4,11,13-14H2,2H3,(H,33,36). The summed E-state index contributed by atoms with van der Waals surface area (Å²) in [6, 6.07) is 6.72. The Bertz CT molecular complexity index is 1240. The molecular formula is C25H22ClF6N3O3. The molecule has 0 saturated heterocycles. The fourth-order valence-electron chi connectivity index (χ4n) is 4.01. The smallest absolute Gasteiger partial charge is 0.417 e. The fourth-order valence-corrected chi connectivity index (χ4v) is 4.29. The van der Waals surface area contributed by atoms with Crippen molar-refractivity contribution in [3.05, 3.63) is 76.8 Å². The molecule has 0 spiro atoms. The number of esters is 1. The van der Waals surface area contributed by atoms with E-state index in [2.05, 4.69) is 17.0 Å². The summed E-state index contributed by atoms with van der Waals surface area (Å²) in [5.74, 6) is -1.38. The van der Waals surface area contributed by atoms with Crippen LogP contribution in [0.4, 0.5) is 32.0 Å². The Morgan fingerprint density at radius 3 is 2.32 bits per heavy atom. The third-order valence-electron chi connectivity index (χ3n) is 5.68. The number of amides is 1. The molecule has 1 atom stereocenters. The quantitative estimate of drug-likeness (QED) is 0.238. The Hall–Kier alpha value is -3.54. The number of halogens is 7. The highest BCUT2D eigenvalue weighted by molar-refractivity contribution is 6.32. The first-order valence-corrected chi connectivity index (χ1v) is 11.6. The van der Waals surface area contributed by atoms with Crippen molar-refractivity contribution in [1.82, 2.24) is 5.01 Å². The van der Waals surface area contributed by atoms with Crippen LogP contribution in [0.5, 0.6) is 0 Å². The fraction of sp³-hybridized carbons (Fsp3) is 0.320. The van der Waals surface area contributed by atoms with Crippen molar-refractivity contribution in [1.29, 1.82) is 0 Å². The lowest BCUT2D eigenvalue weighted by Gasteiger charge is -2.28. The van der Waals surface area contributed by atoms with E-state index in [9.17, 15) is 35.9 Å². The molecule has 204 valence electrons. The lowest BCUT2D eigenvalue weighted by atomic mass is 9.77. The predicted octanol–water partition coefficient (Wildman–Crippen LogP) is 6.16. The van der Waals surface area contributed by atoms with E-state index in [1.165, 1.54) is 11.1 Å². The molecule has 13 heteroatoms. The van der Waals surface area contributed by atoms with Gasteiger partial charge in [0.05, 0.1) is 35.0 Å². The number of allylic oxidation sites excluding steroid dienone is 1. The number of anilines is 1. The number of carbonyl (C=O) groups is 2. The van der Waals surface area contributed by atoms with Crippen molar-refractivity contribution < 1.29 is 40.7 Å². The molecule has 0 fully saturated rings. The van der Waals surface area contributed by atoms with E-state index in [0.717, 1.165) is 42.5 Å². The summed E-state index contributed by atoms with van der Waals surface area (Å²) in [6.07, 6.45) is -7.83. The van der Waals surface area contributed by atoms with Gasteiger partial charge >= 0.3 is 18.3 Å². The largest absolute Gasteiger partial charge is 0.465 e. The van der Waals surface area contributed by atoms with Gasteiger partial charge < -0.3 is 10.1 Å². The summed E-state index contributed by atoms with van der Waals surface area (Å²) in [7, 11) is 0. The first-order valence-electron chi connectivity index (χ1n) is 11.2. The number of hydrogen-bond donors (Lipinski definition) is 1. The van der Waals surface area contributed by atoms with Crippen LogP contribution in [-0.2, 0) is 26.7 Å². The van der Waals surface area contributed by atoms with Crippen molar-refractivity contribution in [3.63, 3.8) is 0 Å². The minimum absolute atomic E-state index is 0.00712. The van der Waals surface area contributed by atoms with Gasteiger partial charge in [0.2, 0.25) is 5.91 Å². The van der Waals surface area contributed by atoms with E-state index < -0.39 is 52.3 Å². The van der Waals surface area contributed by atoms with E-state index in [4.69, 9.17) is 16.3 Å². The SMILES string of the molecule is C=CCC1(C(=O)OCC)CN(CC(=O)Nc2ccc(C(F)(F)F)cc2)N=C1c1ccc(C(F)(F)F)c(Cl)c1. The number of hydrazone groups is 1. The summed E-state index contributed by atoms with van der Waals surface area (Å²) in [5, 5.41) is 7.41. The van der Waals surface area contributed by atoms with E-state index in [1.807, 2.05) is 0 Å². The first kappa shape index (κ1) is 29.0. The van der Waals surface area contributed by atoms with Crippen molar-refractivity contribution in [2.75, 3.05) is 25.0 Å². The monoisotopic (exact) mass is 561 g/mol. The van der Waals surface area contributed by atoms with Crippen LogP contribution in [-0.4, -0.2) is 42.3 Å². The minimum atomic E-state index is -4.70. The molecule has 38 heavy (non-hydrogen) atoms. The molecule has 2 aromatic rings. The first-order chi connectivity index (χ1) is 17.7. The van der Waals surface area contributed by atoms with Gasteiger partial charge in [-0.3, -0.25) is 14.6 Å². The van der Waals surface area contributed by atoms with Crippen LogP contribution >= 0.6 is 11.6 Å². The van der Waals surface area contributed by atoms with Crippen LogP contribution in [0, 0.1) is 5.41 Å². The molecule has 2 aromatic carbocycles. The van der Waals surface area contributed by atoms with Crippen molar-refractivity contribution in [2.45, 2.75) is 25.7 Å². The van der Waals surface area contributed by atoms with Crippen LogP contribution in [0.2, 0.25) is 5.02 Å². The Balaban J connectivity index is 1.92. The van der Waals surface area contributed by atoms with E-state index >= 15 is 0 Å². The molecule has 0 saturated carbocycles. The highest BCUT2D eigenvalue weighted by atomic mass is 35.5. The van der Waals surface area contributed by atoms with Gasteiger partial charge in [0, 0.05) is 11.3 Å². The number of nitrogens with zero attached hydrogens (tertiary/aromatic N) is 2. The number of carbonyl (C=O) groups excluding carboxylic acids is 2. The lowest BCUT2D eigenvalue weighted by Crippen LogP contribution is -2.44. The zero-order valence-corrected chi connectivity index (χ0v) is 20.7. The molecule has 1 aliphatic rings. The Morgan fingerprint density at radius 1 is 1.13 bits per heavy atom. The van der Waals surface area contributed by atoms with Crippen LogP contribution in [0.25, 0.3) is 0 Å². The second-order valence-electron chi connectivity index (χ2n) is 8.38. The molecular weight excluding hydrogens is 540 g/mol. The predicted molar refractivity (Wildman–Crippen MR) is 129 cm³/mol. The van der Waals surface area contributed by atoms with Crippen molar-refractivity contribution >= 4 is 34.9 Å². The normalized spacial score (nSPS) is 17.7. The van der Waals surface area contributed by atoms with Crippen molar-refractivity contribution in [2.24, 2.45) is 10.5 Å². The summed E-state index contributed by atoms with van der Waals surface area (Å²) < 4.78 is 83.2. The van der Waals surface area contributed by atoms with Gasteiger partial charge in [-0.2, -0.15) is 31.4 Å². The molecule has 3 rings (SSSR count). The maximum atomic E-state index is 13.2. The summed E-state index contributed by atoms with van der Waals surface area (Å²) >= 11 is 5.89. The number of nitrogens with one attached hydrogen (secondary N) is 1. The maximum Gasteiger partial charge on any atom is 0.417 e. The average Bonchev–Trinajstić information content (AvgIpc) is 3.17. The Kier molecular flexibility index (Phi) is 8.45. The van der Waals surface area contributed by atoms with Crippen LogP contribution in [0.1, 0.15) is 30.0 Å². The topological polar surface area (TPSA) is 71.0 Å². The summed E-state index contributed by atoms with van der Waals surface area (Å²) in [6.45, 7) is 4.65. The van der Waals surface area contributed by atoms with E-state index in [0.29, 0.717) is 0 Å². The zero-order valence-electron chi connectivity index (χ0n) is 19.9. The molecule has 1 aliphatic heterocycles. The minimum Gasteiger partial charge on any atom is -0.465 e. The van der Waals surface area contributed by atoms with Gasteiger partial charge in [-0.15, -0.1) is 6.58 Å². The second-order valence-corrected chi connectivity index (χ2v) is 8.79. The average molecular weight is 562 g/mol. The number of alkyl halides is 6. The van der Waals surface area contributed by atoms with E-state index in [-0.39, 0.29) is 36.5 Å². The zero-order chi connectivity index (χ0) is 28.3. The number of rotatable bonds is 8. The molecule has 0 radical (unpaired) electrons. The highest BCUT2D eigenvalue weighted by Gasteiger charge is 2.50. The van der Waals surface area contributed by atoms with E-state index in [1.54, 1.807) is 6.92 Å².